The molecular formula is C33H40BrN3O5S. The minimum absolute atomic E-state index is 0.0468. The van der Waals surface area contributed by atoms with E-state index >= 15 is 0 Å². The van der Waals surface area contributed by atoms with Gasteiger partial charge in [0.2, 0.25) is 11.8 Å². The van der Waals surface area contributed by atoms with Gasteiger partial charge in [-0.15, -0.1) is 0 Å². The third-order valence-corrected chi connectivity index (χ3v) is 10.0. The summed E-state index contributed by atoms with van der Waals surface area (Å²) < 4.78 is 35.4. The van der Waals surface area contributed by atoms with Crippen molar-refractivity contribution in [2.24, 2.45) is 0 Å². The van der Waals surface area contributed by atoms with E-state index < -0.39 is 28.5 Å². The number of carbonyl (C=O) groups is 2. The second kappa shape index (κ2) is 14.9. The first-order chi connectivity index (χ1) is 20.6. The van der Waals surface area contributed by atoms with Gasteiger partial charge in [-0.25, -0.2) is 8.42 Å². The zero-order valence-electron chi connectivity index (χ0n) is 25.0. The van der Waals surface area contributed by atoms with Crippen molar-refractivity contribution in [1.29, 1.82) is 0 Å². The molecule has 1 fully saturated rings. The number of anilines is 1. The van der Waals surface area contributed by atoms with Crippen LogP contribution in [0.5, 0.6) is 5.75 Å². The summed E-state index contributed by atoms with van der Waals surface area (Å²) in [5.74, 6) is -0.134. The number of nitrogens with zero attached hydrogens (tertiary/aromatic N) is 2. The molecule has 1 N–H and O–H groups in total. The lowest BCUT2D eigenvalue weighted by molar-refractivity contribution is -0.139. The molecule has 0 radical (unpaired) electrons. The summed E-state index contributed by atoms with van der Waals surface area (Å²) in [5.41, 5.74) is 2.24. The number of sulfonamides is 1. The fraction of sp³-hybridized carbons (Fsp3) is 0.394. The molecule has 3 aromatic rings. The predicted octanol–water partition coefficient (Wildman–Crippen LogP) is 6.22. The quantitative estimate of drug-likeness (QED) is 0.247. The van der Waals surface area contributed by atoms with Gasteiger partial charge in [-0.3, -0.25) is 13.9 Å². The SMILES string of the molecule is CCOc1ccc(N(CC(=O)N(Cc2ccc(C)cc2)[C@@H](C)C(=O)NC2CCCCC2)S(=O)(=O)c2ccc(Br)cc2)cc1. The first-order valence-corrected chi connectivity index (χ1v) is 17.0. The molecule has 1 aliphatic rings. The highest BCUT2D eigenvalue weighted by atomic mass is 79.9. The lowest BCUT2D eigenvalue weighted by Gasteiger charge is -2.33. The highest BCUT2D eigenvalue weighted by Gasteiger charge is 2.33. The summed E-state index contributed by atoms with van der Waals surface area (Å²) >= 11 is 3.36. The van der Waals surface area contributed by atoms with Gasteiger partial charge in [0.25, 0.3) is 10.0 Å². The maximum atomic E-state index is 14.1. The van der Waals surface area contributed by atoms with E-state index in [4.69, 9.17) is 4.74 Å². The average molecular weight is 671 g/mol. The number of carbonyl (C=O) groups excluding carboxylic acids is 2. The van der Waals surface area contributed by atoms with Crippen molar-refractivity contribution in [3.8, 4) is 5.75 Å². The molecule has 8 nitrogen and oxygen atoms in total. The molecule has 3 aromatic carbocycles. The van der Waals surface area contributed by atoms with Crippen LogP contribution >= 0.6 is 15.9 Å². The molecule has 1 saturated carbocycles. The Morgan fingerprint density at radius 2 is 1.58 bits per heavy atom. The summed E-state index contributed by atoms with van der Waals surface area (Å²) in [6.45, 7) is 5.69. The Hall–Kier alpha value is -3.37. The lowest BCUT2D eigenvalue weighted by atomic mass is 9.95. The van der Waals surface area contributed by atoms with Gasteiger partial charge in [0.15, 0.2) is 0 Å². The number of nitrogens with one attached hydrogen (secondary N) is 1. The fourth-order valence-electron chi connectivity index (χ4n) is 5.18. The van der Waals surface area contributed by atoms with Crippen LogP contribution in [0, 0.1) is 6.92 Å². The third kappa shape index (κ3) is 8.60. The van der Waals surface area contributed by atoms with Crippen molar-refractivity contribution in [1.82, 2.24) is 10.2 Å². The van der Waals surface area contributed by atoms with E-state index in [2.05, 4.69) is 21.2 Å². The van der Waals surface area contributed by atoms with Gasteiger partial charge < -0.3 is 15.0 Å². The molecule has 0 aliphatic heterocycles. The van der Waals surface area contributed by atoms with Crippen LogP contribution in [0.4, 0.5) is 5.69 Å². The minimum Gasteiger partial charge on any atom is -0.494 e. The van der Waals surface area contributed by atoms with Crippen molar-refractivity contribution in [2.75, 3.05) is 17.5 Å². The van der Waals surface area contributed by atoms with Crippen molar-refractivity contribution in [3.63, 3.8) is 0 Å². The summed E-state index contributed by atoms with van der Waals surface area (Å²) in [5, 5.41) is 3.13. The molecule has 230 valence electrons. The Kier molecular flexibility index (Phi) is 11.3. The first-order valence-electron chi connectivity index (χ1n) is 14.7. The summed E-state index contributed by atoms with van der Waals surface area (Å²) in [6, 6.07) is 19.9. The zero-order chi connectivity index (χ0) is 31.0. The van der Waals surface area contributed by atoms with Crippen LogP contribution in [0.1, 0.15) is 57.1 Å². The van der Waals surface area contributed by atoms with Crippen LogP contribution in [0.25, 0.3) is 0 Å². The highest BCUT2D eigenvalue weighted by Crippen LogP contribution is 2.28. The van der Waals surface area contributed by atoms with E-state index in [1.54, 1.807) is 43.3 Å². The molecule has 0 spiro atoms. The smallest absolute Gasteiger partial charge is 0.264 e. The number of hydrogen-bond donors (Lipinski definition) is 1. The molecule has 4 rings (SSSR count). The minimum atomic E-state index is -4.15. The summed E-state index contributed by atoms with van der Waals surface area (Å²) in [4.78, 5) is 29.1. The van der Waals surface area contributed by atoms with Gasteiger partial charge in [-0.05, 0) is 87.7 Å². The van der Waals surface area contributed by atoms with Crippen LogP contribution in [0.15, 0.2) is 82.2 Å². The van der Waals surface area contributed by atoms with Crippen LogP contribution < -0.4 is 14.4 Å². The number of ether oxygens (including phenoxy) is 1. The Balaban J connectivity index is 1.67. The largest absolute Gasteiger partial charge is 0.494 e. The summed E-state index contributed by atoms with van der Waals surface area (Å²) in [7, 11) is -4.15. The molecule has 10 heteroatoms. The molecule has 2 amide bonds. The second-order valence-corrected chi connectivity index (χ2v) is 13.7. The van der Waals surface area contributed by atoms with Crippen LogP contribution in [0.3, 0.4) is 0 Å². The average Bonchev–Trinajstić information content (AvgIpc) is 3.00. The lowest BCUT2D eigenvalue weighted by Crippen LogP contribution is -2.53. The third-order valence-electron chi connectivity index (χ3n) is 7.71. The van der Waals surface area contributed by atoms with E-state index in [9.17, 15) is 18.0 Å². The Bertz CT molecular complexity index is 1470. The van der Waals surface area contributed by atoms with Crippen LogP contribution in [-0.2, 0) is 26.2 Å². The zero-order valence-corrected chi connectivity index (χ0v) is 27.4. The van der Waals surface area contributed by atoms with E-state index in [0.29, 0.717) is 18.0 Å². The maximum absolute atomic E-state index is 14.1. The van der Waals surface area contributed by atoms with Gasteiger partial charge in [0, 0.05) is 17.1 Å². The Morgan fingerprint density at radius 3 is 2.19 bits per heavy atom. The normalized spacial score (nSPS) is 14.5. The second-order valence-electron chi connectivity index (χ2n) is 10.9. The van der Waals surface area contributed by atoms with E-state index in [-0.39, 0.29) is 23.4 Å². The standard InChI is InChI=1S/C33H40BrN3O5S/c1-4-42-30-18-16-29(17-19-30)37(43(40,41)31-20-14-27(34)15-21-31)23-32(38)36(22-26-12-10-24(2)11-13-26)25(3)33(39)35-28-8-6-5-7-9-28/h10-21,25,28H,4-9,22-23H2,1-3H3,(H,35,39)/t25-/m0/s1. The monoisotopic (exact) mass is 669 g/mol. The van der Waals surface area contributed by atoms with Crippen molar-refractivity contribution in [2.45, 2.75) is 76.4 Å². The van der Waals surface area contributed by atoms with Crippen molar-refractivity contribution < 1.29 is 22.7 Å². The molecule has 43 heavy (non-hydrogen) atoms. The predicted molar refractivity (Wildman–Crippen MR) is 172 cm³/mol. The molecule has 0 heterocycles. The number of benzene rings is 3. The topological polar surface area (TPSA) is 96.0 Å². The maximum Gasteiger partial charge on any atom is 0.264 e. The molecule has 0 saturated heterocycles. The summed E-state index contributed by atoms with van der Waals surface area (Å²) in [6.07, 6.45) is 5.13. The Morgan fingerprint density at radius 1 is 0.953 bits per heavy atom. The number of amides is 2. The number of rotatable bonds is 12. The highest BCUT2D eigenvalue weighted by molar-refractivity contribution is 9.10. The van der Waals surface area contributed by atoms with Gasteiger partial charge in [-0.1, -0.05) is 65.0 Å². The van der Waals surface area contributed by atoms with E-state index in [0.717, 1.165) is 52.0 Å². The molecule has 1 atom stereocenters. The molecule has 0 aromatic heterocycles. The molecule has 0 bridgehead atoms. The molecular weight excluding hydrogens is 630 g/mol. The number of aryl methyl sites for hydroxylation is 1. The van der Waals surface area contributed by atoms with Gasteiger partial charge in [-0.2, -0.15) is 0 Å². The van der Waals surface area contributed by atoms with E-state index in [1.807, 2.05) is 38.1 Å². The molecule has 1 aliphatic carbocycles. The van der Waals surface area contributed by atoms with Crippen LogP contribution in [-0.4, -0.2) is 50.4 Å². The van der Waals surface area contributed by atoms with Crippen molar-refractivity contribution >= 4 is 43.5 Å². The fourth-order valence-corrected chi connectivity index (χ4v) is 6.86. The first kappa shape index (κ1) is 32.5. The number of hydrogen-bond acceptors (Lipinski definition) is 5. The van der Waals surface area contributed by atoms with Gasteiger partial charge in [0.1, 0.15) is 18.3 Å². The molecule has 0 unspecified atom stereocenters. The van der Waals surface area contributed by atoms with Gasteiger partial charge >= 0.3 is 0 Å². The number of halogens is 1. The van der Waals surface area contributed by atoms with Crippen molar-refractivity contribution in [3.05, 3.63) is 88.4 Å². The van der Waals surface area contributed by atoms with Gasteiger partial charge in [0.05, 0.1) is 17.2 Å². The van der Waals surface area contributed by atoms with E-state index in [1.165, 1.54) is 17.0 Å². The van der Waals surface area contributed by atoms with Crippen LogP contribution in [0.2, 0.25) is 0 Å². The Labute approximate surface area is 263 Å².